The number of rotatable bonds is 5. The topological polar surface area (TPSA) is 42.2 Å². The number of hydrogen-bond donors (Lipinski definition) is 1. The third-order valence-electron chi connectivity index (χ3n) is 2.79. The summed E-state index contributed by atoms with van der Waals surface area (Å²) in [6.07, 6.45) is 3.26. The molecule has 2 rings (SSSR count). The van der Waals surface area contributed by atoms with Gasteiger partial charge in [-0.15, -0.1) is 5.10 Å². The Hall–Kier alpha value is -1.23. The molecule has 0 aromatic carbocycles. The van der Waals surface area contributed by atoms with Crippen LogP contribution in [0.2, 0.25) is 0 Å². The monoisotopic (exact) mass is 250 g/mol. The number of nitrogens with zero attached hydrogens (tertiary/aromatic N) is 3. The highest BCUT2D eigenvalue weighted by Gasteiger charge is 2.05. The Balaban J connectivity index is 2.02. The van der Waals surface area contributed by atoms with Crippen LogP contribution < -0.4 is 5.32 Å². The Morgan fingerprint density at radius 1 is 1.47 bits per heavy atom. The SMILES string of the molecule is CSC(C)CCNc1nc2cccc(C)n2n1. The van der Waals surface area contributed by atoms with Crippen LogP contribution in [0, 0.1) is 6.92 Å². The Bertz CT molecular complexity index is 494. The van der Waals surface area contributed by atoms with Gasteiger partial charge in [-0.05, 0) is 31.7 Å². The molecule has 17 heavy (non-hydrogen) atoms. The van der Waals surface area contributed by atoms with Crippen molar-refractivity contribution in [1.29, 1.82) is 0 Å². The summed E-state index contributed by atoms with van der Waals surface area (Å²) in [6.45, 7) is 5.17. The van der Waals surface area contributed by atoms with Crippen LogP contribution in [0.15, 0.2) is 18.2 Å². The highest BCUT2D eigenvalue weighted by molar-refractivity contribution is 7.99. The number of nitrogens with one attached hydrogen (secondary N) is 1. The fraction of sp³-hybridized carbons (Fsp3) is 0.500. The predicted molar refractivity (Wildman–Crippen MR) is 73.8 cm³/mol. The van der Waals surface area contributed by atoms with Crippen molar-refractivity contribution in [2.24, 2.45) is 0 Å². The van der Waals surface area contributed by atoms with Crippen molar-refractivity contribution >= 4 is 23.4 Å². The van der Waals surface area contributed by atoms with Gasteiger partial charge >= 0.3 is 0 Å². The van der Waals surface area contributed by atoms with Crippen molar-refractivity contribution in [1.82, 2.24) is 14.6 Å². The molecule has 0 aliphatic heterocycles. The van der Waals surface area contributed by atoms with Gasteiger partial charge in [-0.3, -0.25) is 0 Å². The van der Waals surface area contributed by atoms with Gasteiger partial charge in [-0.2, -0.15) is 16.7 Å². The molecule has 0 amide bonds. The fourth-order valence-electron chi connectivity index (χ4n) is 1.62. The molecule has 0 bridgehead atoms. The number of anilines is 1. The molecule has 5 heteroatoms. The summed E-state index contributed by atoms with van der Waals surface area (Å²) in [4.78, 5) is 4.43. The molecular weight excluding hydrogens is 232 g/mol. The van der Waals surface area contributed by atoms with Gasteiger partial charge in [-0.25, -0.2) is 4.52 Å². The number of hydrogen-bond acceptors (Lipinski definition) is 4. The van der Waals surface area contributed by atoms with Gasteiger partial charge in [0.2, 0.25) is 5.95 Å². The Morgan fingerprint density at radius 3 is 3.00 bits per heavy atom. The van der Waals surface area contributed by atoms with E-state index in [0.717, 1.165) is 24.3 Å². The average molecular weight is 250 g/mol. The Labute approximate surface area is 106 Å². The van der Waals surface area contributed by atoms with Gasteiger partial charge in [0.15, 0.2) is 5.65 Å². The van der Waals surface area contributed by atoms with Gasteiger partial charge in [-0.1, -0.05) is 13.0 Å². The van der Waals surface area contributed by atoms with Crippen molar-refractivity contribution in [2.75, 3.05) is 18.1 Å². The van der Waals surface area contributed by atoms with E-state index in [2.05, 4.69) is 28.6 Å². The Morgan fingerprint density at radius 2 is 2.29 bits per heavy atom. The minimum atomic E-state index is 0.668. The first-order valence-electron chi connectivity index (χ1n) is 5.80. The second kappa shape index (κ2) is 5.40. The minimum absolute atomic E-state index is 0.668. The largest absolute Gasteiger partial charge is 0.353 e. The number of aryl methyl sites for hydroxylation is 1. The van der Waals surface area contributed by atoms with E-state index in [1.165, 1.54) is 0 Å². The van der Waals surface area contributed by atoms with Gasteiger partial charge in [0.05, 0.1) is 0 Å². The lowest BCUT2D eigenvalue weighted by Gasteiger charge is -2.07. The van der Waals surface area contributed by atoms with Crippen LogP contribution in [0.25, 0.3) is 5.65 Å². The summed E-state index contributed by atoms with van der Waals surface area (Å²) in [5.74, 6) is 0.715. The maximum atomic E-state index is 4.43. The minimum Gasteiger partial charge on any atom is -0.353 e. The van der Waals surface area contributed by atoms with Crippen LogP contribution in [-0.4, -0.2) is 32.6 Å². The molecule has 0 radical (unpaired) electrons. The number of aromatic nitrogens is 3. The molecule has 0 saturated heterocycles. The zero-order valence-electron chi connectivity index (χ0n) is 10.5. The summed E-state index contributed by atoms with van der Waals surface area (Å²) in [5, 5.41) is 8.36. The first kappa shape index (κ1) is 12.2. The quantitative estimate of drug-likeness (QED) is 0.885. The van der Waals surface area contributed by atoms with Crippen LogP contribution in [0.3, 0.4) is 0 Å². The summed E-state index contributed by atoms with van der Waals surface area (Å²) in [7, 11) is 0. The summed E-state index contributed by atoms with van der Waals surface area (Å²) in [5.41, 5.74) is 1.99. The van der Waals surface area contributed by atoms with E-state index in [0.29, 0.717) is 11.2 Å². The van der Waals surface area contributed by atoms with Crippen LogP contribution >= 0.6 is 11.8 Å². The zero-order valence-corrected chi connectivity index (χ0v) is 11.3. The molecule has 0 fully saturated rings. The molecule has 92 valence electrons. The third kappa shape index (κ3) is 2.91. The van der Waals surface area contributed by atoms with Crippen LogP contribution in [-0.2, 0) is 0 Å². The molecule has 1 atom stereocenters. The highest BCUT2D eigenvalue weighted by atomic mass is 32.2. The first-order chi connectivity index (χ1) is 8.20. The molecule has 1 N–H and O–H groups in total. The standard InChI is InChI=1S/C12H18N4S/c1-9-5-4-6-11-14-12(15-16(9)11)13-8-7-10(2)17-3/h4-6,10H,7-8H2,1-3H3,(H,13,15). The normalized spacial score (nSPS) is 12.9. The highest BCUT2D eigenvalue weighted by Crippen LogP contribution is 2.11. The lowest BCUT2D eigenvalue weighted by atomic mass is 10.3. The van der Waals surface area contributed by atoms with Crippen LogP contribution in [0.4, 0.5) is 5.95 Å². The maximum Gasteiger partial charge on any atom is 0.243 e. The van der Waals surface area contributed by atoms with Gasteiger partial charge in [0.1, 0.15) is 0 Å². The molecule has 0 spiro atoms. The smallest absolute Gasteiger partial charge is 0.243 e. The first-order valence-corrected chi connectivity index (χ1v) is 7.08. The second-order valence-corrected chi connectivity index (χ2v) is 5.41. The molecule has 2 heterocycles. The van der Waals surface area contributed by atoms with Gasteiger partial charge in [0, 0.05) is 17.5 Å². The molecule has 0 aliphatic rings. The summed E-state index contributed by atoms with van der Waals surface area (Å²) >= 11 is 1.88. The van der Waals surface area contributed by atoms with Crippen LogP contribution in [0.1, 0.15) is 19.0 Å². The van der Waals surface area contributed by atoms with Crippen molar-refractivity contribution < 1.29 is 0 Å². The van der Waals surface area contributed by atoms with E-state index < -0.39 is 0 Å². The predicted octanol–water partition coefficient (Wildman–Crippen LogP) is 2.59. The van der Waals surface area contributed by atoms with Crippen molar-refractivity contribution in [3.8, 4) is 0 Å². The second-order valence-electron chi connectivity index (χ2n) is 4.13. The Kier molecular flexibility index (Phi) is 3.89. The molecule has 0 aliphatic carbocycles. The molecule has 1 unspecified atom stereocenters. The molecule has 2 aromatic heterocycles. The van der Waals surface area contributed by atoms with Crippen molar-refractivity contribution in [3.05, 3.63) is 23.9 Å². The maximum absolute atomic E-state index is 4.43. The van der Waals surface area contributed by atoms with E-state index in [1.807, 2.05) is 41.4 Å². The van der Waals surface area contributed by atoms with Gasteiger partial charge < -0.3 is 5.32 Å². The van der Waals surface area contributed by atoms with E-state index in [-0.39, 0.29) is 0 Å². The van der Waals surface area contributed by atoms with E-state index in [1.54, 1.807) is 0 Å². The summed E-state index contributed by atoms with van der Waals surface area (Å²) < 4.78 is 1.86. The van der Waals surface area contributed by atoms with E-state index >= 15 is 0 Å². The van der Waals surface area contributed by atoms with Gasteiger partial charge in [0.25, 0.3) is 0 Å². The summed E-state index contributed by atoms with van der Waals surface area (Å²) in [6, 6.07) is 6.00. The number of pyridine rings is 1. The van der Waals surface area contributed by atoms with E-state index in [4.69, 9.17) is 0 Å². The number of thioether (sulfide) groups is 1. The lowest BCUT2D eigenvalue weighted by Crippen LogP contribution is -2.08. The number of fused-ring (bicyclic) bond motifs is 1. The fourth-order valence-corrected chi connectivity index (χ4v) is 1.97. The van der Waals surface area contributed by atoms with E-state index in [9.17, 15) is 0 Å². The molecule has 2 aromatic rings. The average Bonchev–Trinajstić information content (AvgIpc) is 2.73. The molecule has 0 saturated carbocycles. The lowest BCUT2D eigenvalue weighted by molar-refractivity contribution is 0.839. The third-order valence-corrected chi connectivity index (χ3v) is 3.83. The van der Waals surface area contributed by atoms with Crippen molar-refractivity contribution in [3.63, 3.8) is 0 Å². The molecule has 4 nitrogen and oxygen atoms in total. The van der Waals surface area contributed by atoms with Crippen molar-refractivity contribution in [2.45, 2.75) is 25.5 Å². The molecular formula is C12H18N4S. The zero-order chi connectivity index (χ0) is 12.3. The van der Waals surface area contributed by atoms with Crippen LogP contribution in [0.5, 0.6) is 0 Å².